The van der Waals surface area contributed by atoms with E-state index in [1.165, 1.54) is 22.2 Å². The van der Waals surface area contributed by atoms with E-state index in [0.29, 0.717) is 6.04 Å². The minimum atomic E-state index is 0.411. The Labute approximate surface area is 121 Å². The Kier molecular flexibility index (Phi) is 3.54. The molecule has 104 valence electrons. The Morgan fingerprint density at radius 1 is 1.35 bits per heavy atom. The third-order valence-electron chi connectivity index (χ3n) is 4.45. The van der Waals surface area contributed by atoms with Gasteiger partial charge in [-0.05, 0) is 31.4 Å². The number of aromatic nitrogens is 1. The van der Waals surface area contributed by atoms with Gasteiger partial charge >= 0.3 is 0 Å². The minimum Gasteiger partial charge on any atom is -0.343 e. The minimum absolute atomic E-state index is 0.411. The molecule has 1 aromatic carbocycles. The zero-order valence-electron chi connectivity index (χ0n) is 12.4. The van der Waals surface area contributed by atoms with Crippen molar-refractivity contribution in [2.45, 2.75) is 39.3 Å². The van der Waals surface area contributed by atoms with Crippen LogP contribution in [0.2, 0.25) is 0 Å². The fourth-order valence-electron chi connectivity index (χ4n) is 3.56. The Hall–Kier alpha value is -1.72. The van der Waals surface area contributed by atoms with Crippen molar-refractivity contribution >= 4 is 10.9 Å². The number of hydrogen-bond donors (Lipinski definition) is 0. The molecule has 2 heterocycles. The van der Waals surface area contributed by atoms with Gasteiger partial charge in [0, 0.05) is 35.7 Å². The van der Waals surface area contributed by atoms with Crippen molar-refractivity contribution in [3.8, 4) is 12.3 Å². The van der Waals surface area contributed by atoms with Crippen molar-refractivity contribution in [3.63, 3.8) is 0 Å². The van der Waals surface area contributed by atoms with Gasteiger partial charge in [-0.1, -0.05) is 31.0 Å². The number of rotatable bonds is 3. The van der Waals surface area contributed by atoms with E-state index in [-0.39, 0.29) is 0 Å². The summed E-state index contributed by atoms with van der Waals surface area (Å²) in [6.45, 7) is 7.44. The van der Waals surface area contributed by atoms with E-state index in [9.17, 15) is 0 Å². The van der Waals surface area contributed by atoms with E-state index in [0.717, 1.165) is 32.5 Å². The van der Waals surface area contributed by atoms with Gasteiger partial charge in [-0.25, -0.2) is 0 Å². The monoisotopic (exact) mass is 266 g/mol. The summed E-state index contributed by atoms with van der Waals surface area (Å²) in [4.78, 5) is 2.41. The fourth-order valence-corrected chi connectivity index (χ4v) is 3.56. The maximum Gasteiger partial charge on any atom is 0.0604 e. The summed E-state index contributed by atoms with van der Waals surface area (Å²) in [6, 6.07) is 9.22. The molecule has 2 nitrogen and oxygen atoms in total. The second-order valence-electron chi connectivity index (χ2n) is 5.63. The van der Waals surface area contributed by atoms with E-state index in [1.54, 1.807) is 0 Å². The molecule has 1 aromatic heterocycles. The zero-order chi connectivity index (χ0) is 14.1. The van der Waals surface area contributed by atoms with Gasteiger partial charge in [0.15, 0.2) is 0 Å². The lowest BCUT2D eigenvalue weighted by Crippen LogP contribution is -2.35. The van der Waals surface area contributed by atoms with Crippen LogP contribution in [0.25, 0.3) is 10.9 Å². The average Bonchev–Trinajstić information content (AvgIpc) is 2.78. The molecule has 0 amide bonds. The van der Waals surface area contributed by atoms with Gasteiger partial charge in [0.25, 0.3) is 0 Å². The molecule has 2 aromatic rings. The predicted molar refractivity (Wildman–Crippen MR) is 84.8 cm³/mol. The van der Waals surface area contributed by atoms with E-state index >= 15 is 0 Å². The quantitative estimate of drug-likeness (QED) is 0.771. The van der Waals surface area contributed by atoms with E-state index < -0.39 is 0 Å². The smallest absolute Gasteiger partial charge is 0.0604 e. The van der Waals surface area contributed by atoms with Gasteiger partial charge in [0.05, 0.1) is 6.54 Å². The van der Waals surface area contributed by atoms with Crippen LogP contribution in [0, 0.1) is 12.3 Å². The molecule has 0 fully saturated rings. The highest BCUT2D eigenvalue weighted by Gasteiger charge is 2.28. The van der Waals surface area contributed by atoms with Gasteiger partial charge in [0.1, 0.15) is 0 Å². The molecular formula is C18H22N2. The normalized spacial score (nSPS) is 18.9. The molecule has 0 saturated carbocycles. The molecule has 0 radical (unpaired) electrons. The van der Waals surface area contributed by atoms with Gasteiger partial charge < -0.3 is 4.57 Å². The van der Waals surface area contributed by atoms with Crippen molar-refractivity contribution in [2.75, 3.05) is 13.1 Å². The highest BCUT2D eigenvalue weighted by Crippen LogP contribution is 2.36. The largest absolute Gasteiger partial charge is 0.343 e. The first kappa shape index (κ1) is 13.3. The topological polar surface area (TPSA) is 8.17 Å². The number of para-hydroxylation sites is 1. The fraction of sp³-hybridized carbons (Fsp3) is 0.444. The molecule has 1 aliphatic heterocycles. The molecule has 0 saturated heterocycles. The maximum atomic E-state index is 5.51. The molecule has 2 heteroatoms. The summed E-state index contributed by atoms with van der Waals surface area (Å²) in [5, 5.41) is 1.43. The lowest BCUT2D eigenvalue weighted by molar-refractivity contribution is 0.216. The Bertz CT molecular complexity index is 660. The molecule has 20 heavy (non-hydrogen) atoms. The zero-order valence-corrected chi connectivity index (χ0v) is 12.4. The average molecular weight is 266 g/mol. The van der Waals surface area contributed by atoms with E-state index in [4.69, 9.17) is 6.42 Å². The van der Waals surface area contributed by atoms with E-state index in [2.05, 4.69) is 53.5 Å². The second-order valence-corrected chi connectivity index (χ2v) is 5.63. The number of nitrogens with zero attached hydrogens (tertiary/aromatic N) is 2. The van der Waals surface area contributed by atoms with Gasteiger partial charge in [-0.3, -0.25) is 4.90 Å². The molecule has 1 unspecified atom stereocenters. The molecule has 0 bridgehead atoms. The molecule has 0 N–H and O–H groups in total. The van der Waals surface area contributed by atoms with Crippen molar-refractivity contribution in [2.24, 2.45) is 0 Å². The number of terminal acetylenes is 1. The van der Waals surface area contributed by atoms with Crippen LogP contribution in [0.5, 0.6) is 0 Å². The highest BCUT2D eigenvalue weighted by molar-refractivity contribution is 5.86. The summed E-state index contributed by atoms with van der Waals surface area (Å²) in [5.41, 5.74) is 4.40. The summed E-state index contributed by atoms with van der Waals surface area (Å²) in [6.07, 6.45) is 7.78. The number of aryl methyl sites for hydroxylation is 1. The molecule has 1 aliphatic rings. The van der Waals surface area contributed by atoms with Gasteiger partial charge in [-0.15, -0.1) is 6.42 Å². The van der Waals surface area contributed by atoms with Crippen molar-refractivity contribution < 1.29 is 0 Å². The molecule has 0 spiro atoms. The lowest BCUT2D eigenvalue weighted by Gasteiger charge is -2.33. The van der Waals surface area contributed by atoms with Crippen LogP contribution in [0.3, 0.4) is 0 Å². The maximum absolute atomic E-state index is 5.51. The molecular weight excluding hydrogens is 244 g/mol. The third kappa shape index (κ3) is 1.94. The summed E-state index contributed by atoms with van der Waals surface area (Å²) in [7, 11) is 0. The predicted octanol–water partition coefficient (Wildman–Crippen LogP) is 3.60. The number of hydrogen-bond acceptors (Lipinski definition) is 1. The Morgan fingerprint density at radius 3 is 2.90 bits per heavy atom. The summed E-state index contributed by atoms with van der Waals surface area (Å²) < 4.78 is 2.51. The molecule has 1 atom stereocenters. The van der Waals surface area contributed by atoms with Crippen molar-refractivity contribution in [3.05, 3.63) is 35.5 Å². The highest BCUT2D eigenvalue weighted by atomic mass is 15.2. The Morgan fingerprint density at radius 2 is 2.15 bits per heavy atom. The summed E-state index contributed by atoms with van der Waals surface area (Å²) >= 11 is 0. The number of fused-ring (bicyclic) bond motifs is 3. The van der Waals surface area contributed by atoms with Crippen molar-refractivity contribution in [1.82, 2.24) is 9.47 Å². The second kappa shape index (κ2) is 5.34. The first-order chi connectivity index (χ1) is 9.77. The molecule has 0 aliphatic carbocycles. The molecule has 3 rings (SSSR count). The first-order valence-corrected chi connectivity index (χ1v) is 7.55. The van der Waals surface area contributed by atoms with E-state index in [1.807, 2.05) is 0 Å². The van der Waals surface area contributed by atoms with Crippen LogP contribution >= 0.6 is 0 Å². The first-order valence-electron chi connectivity index (χ1n) is 7.55. The van der Waals surface area contributed by atoms with Gasteiger partial charge in [-0.2, -0.15) is 0 Å². The third-order valence-corrected chi connectivity index (χ3v) is 4.45. The van der Waals surface area contributed by atoms with Crippen molar-refractivity contribution in [1.29, 1.82) is 0 Å². The Balaban J connectivity index is 2.18. The van der Waals surface area contributed by atoms with Crippen LogP contribution in [-0.2, 0) is 13.0 Å². The SMILES string of the molecule is C#CCN1CCc2c(n(CCC)c3ccccc23)C1C. The van der Waals surface area contributed by atoms with Crippen LogP contribution < -0.4 is 0 Å². The van der Waals surface area contributed by atoms with Crippen LogP contribution in [0.1, 0.15) is 37.6 Å². The van der Waals surface area contributed by atoms with Gasteiger partial charge in [0.2, 0.25) is 0 Å². The van der Waals surface area contributed by atoms with Crippen LogP contribution in [0.4, 0.5) is 0 Å². The number of benzene rings is 1. The lowest BCUT2D eigenvalue weighted by atomic mass is 9.98. The standard InChI is InChI=1S/C18H22N2/c1-4-11-19-13-10-16-15-8-6-7-9-17(15)20(12-5-2)18(16)14(19)3/h1,6-9,14H,5,10-13H2,2-3H3. The van der Waals surface area contributed by atoms with Crippen LogP contribution in [0.15, 0.2) is 24.3 Å². The van der Waals surface area contributed by atoms with Crippen LogP contribution in [-0.4, -0.2) is 22.6 Å². The summed E-state index contributed by atoms with van der Waals surface area (Å²) in [5.74, 6) is 2.80.